The number of H-pyrrole nitrogens is 1. The van der Waals surface area contributed by atoms with Crippen molar-refractivity contribution in [2.24, 2.45) is 0 Å². The van der Waals surface area contributed by atoms with Gasteiger partial charge in [-0.3, -0.25) is 14.4 Å². The van der Waals surface area contributed by atoms with E-state index in [0.717, 1.165) is 15.3 Å². The number of aromatic nitrogens is 2. The van der Waals surface area contributed by atoms with Crippen LogP contribution in [0.5, 0.6) is 0 Å². The van der Waals surface area contributed by atoms with Gasteiger partial charge >= 0.3 is 0 Å². The Kier molecular flexibility index (Phi) is 7.43. The highest BCUT2D eigenvalue weighted by Gasteiger charge is 2.17. The number of aromatic amines is 1. The first kappa shape index (κ1) is 21.4. The van der Waals surface area contributed by atoms with Crippen LogP contribution in [-0.2, 0) is 15.3 Å². The molecule has 2 aromatic heterocycles. The number of hydrogen-bond acceptors (Lipinski definition) is 6. The van der Waals surface area contributed by atoms with E-state index < -0.39 is 0 Å². The van der Waals surface area contributed by atoms with Crippen molar-refractivity contribution in [3.63, 3.8) is 0 Å². The second kappa shape index (κ2) is 9.36. The van der Waals surface area contributed by atoms with Gasteiger partial charge in [-0.1, -0.05) is 0 Å². The summed E-state index contributed by atoms with van der Waals surface area (Å²) in [6.07, 6.45) is 0. The number of aryl methyl sites for hydroxylation is 2. The maximum absolute atomic E-state index is 12.3. The fourth-order valence-electron chi connectivity index (χ4n) is 2.68. The zero-order valence-corrected chi connectivity index (χ0v) is 18.1. The van der Waals surface area contributed by atoms with E-state index in [1.54, 1.807) is 11.9 Å². The summed E-state index contributed by atoms with van der Waals surface area (Å²) in [7, 11) is 1.63. The number of amides is 2. The van der Waals surface area contributed by atoms with E-state index in [4.69, 9.17) is 0 Å². The number of rotatable bonds is 8. The molecule has 7 nitrogen and oxygen atoms in total. The fraction of sp³-hybridized carbons (Fsp3) is 0.556. The predicted molar refractivity (Wildman–Crippen MR) is 111 cm³/mol. The van der Waals surface area contributed by atoms with Crippen LogP contribution in [0, 0.1) is 13.8 Å². The van der Waals surface area contributed by atoms with E-state index in [1.165, 1.54) is 28.0 Å². The van der Waals surface area contributed by atoms with Gasteiger partial charge in [-0.25, -0.2) is 4.98 Å². The Hall–Kier alpha value is -1.87. The van der Waals surface area contributed by atoms with Crippen molar-refractivity contribution in [1.82, 2.24) is 19.8 Å². The number of carbonyl (C=O) groups is 2. The molecule has 1 N–H and O–H groups in total. The van der Waals surface area contributed by atoms with Crippen molar-refractivity contribution in [1.29, 1.82) is 0 Å². The molecule has 148 valence electrons. The van der Waals surface area contributed by atoms with E-state index in [-0.39, 0.29) is 29.7 Å². The summed E-state index contributed by atoms with van der Waals surface area (Å²) in [6.45, 7) is 9.08. The van der Waals surface area contributed by atoms with Gasteiger partial charge in [0.25, 0.3) is 5.56 Å². The highest BCUT2D eigenvalue weighted by atomic mass is 32.2. The molecule has 0 bridgehead atoms. The lowest BCUT2D eigenvalue weighted by Gasteiger charge is -2.23. The number of nitrogens with one attached hydrogen (secondary N) is 1. The minimum atomic E-state index is -0.134. The molecule has 0 saturated heterocycles. The molecule has 0 spiro atoms. The lowest BCUT2D eigenvalue weighted by atomic mass is 10.2. The molecule has 9 heteroatoms. The molecule has 2 rings (SSSR count). The molecule has 0 fully saturated rings. The van der Waals surface area contributed by atoms with E-state index >= 15 is 0 Å². The molecule has 0 aromatic carbocycles. The third kappa shape index (κ3) is 5.10. The number of likely N-dealkylation sites (N-methyl/N-ethyl adjacent to an activating group) is 2. The fourth-order valence-corrected chi connectivity index (χ4v) is 4.56. The van der Waals surface area contributed by atoms with Crippen LogP contribution in [-0.4, -0.2) is 64.0 Å². The summed E-state index contributed by atoms with van der Waals surface area (Å²) in [6, 6.07) is 0. The average molecular weight is 411 g/mol. The van der Waals surface area contributed by atoms with Gasteiger partial charge in [0.2, 0.25) is 11.8 Å². The molecular formula is C18H26N4O3S2. The Morgan fingerprint density at radius 1 is 1.19 bits per heavy atom. The number of fused-ring (bicyclic) bond motifs is 1. The smallest absolute Gasteiger partial charge is 0.259 e. The van der Waals surface area contributed by atoms with Crippen molar-refractivity contribution in [3.8, 4) is 0 Å². The predicted octanol–water partition coefficient (Wildman–Crippen LogP) is 2.16. The Labute approximate surface area is 167 Å². The second-order valence-corrected chi connectivity index (χ2v) is 8.47. The summed E-state index contributed by atoms with van der Waals surface area (Å²) in [5, 5.41) is 0.650. The highest BCUT2D eigenvalue weighted by molar-refractivity contribution is 7.99. The van der Waals surface area contributed by atoms with E-state index in [9.17, 15) is 14.4 Å². The maximum Gasteiger partial charge on any atom is 0.259 e. The normalized spacial score (nSPS) is 11.0. The summed E-state index contributed by atoms with van der Waals surface area (Å²) >= 11 is 2.88. The van der Waals surface area contributed by atoms with Crippen LogP contribution >= 0.6 is 23.1 Å². The molecule has 0 atom stereocenters. The zero-order valence-electron chi connectivity index (χ0n) is 16.4. The summed E-state index contributed by atoms with van der Waals surface area (Å²) in [5.74, 6) is 1.05. The van der Waals surface area contributed by atoms with Crippen LogP contribution in [0.3, 0.4) is 0 Å². The van der Waals surface area contributed by atoms with Crippen LogP contribution in [0.4, 0.5) is 0 Å². The number of carbonyl (C=O) groups excluding carboxylic acids is 2. The molecule has 0 saturated carbocycles. The Bertz CT molecular complexity index is 887. The van der Waals surface area contributed by atoms with Crippen molar-refractivity contribution < 1.29 is 9.59 Å². The topological polar surface area (TPSA) is 86.4 Å². The first-order chi connectivity index (χ1) is 12.8. The number of hydrogen-bond donors (Lipinski definition) is 1. The summed E-state index contributed by atoms with van der Waals surface area (Å²) in [5.41, 5.74) is 0.836. The SMILES string of the molecule is CCN(CC)C(=O)CN(C)C(=O)CSCc1nc2sc(C)c(C)c2c(=O)[nH]1. The lowest BCUT2D eigenvalue weighted by Crippen LogP contribution is -2.41. The van der Waals surface area contributed by atoms with E-state index in [0.29, 0.717) is 30.1 Å². The lowest BCUT2D eigenvalue weighted by molar-refractivity contribution is -0.137. The summed E-state index contributed by atoms with van der Waals surface area (Å²) in [4.78, 5) is 48.9. The minimum Gasteiger partial charge on any atom is -0.342 e. The molecule has 0 unspecified atom stereocenters. The van der Waals surface area contributed by atoms with Gasteiger partial charge < -0.3 is 14.8 Å². The third-order valence-corrected chi connectivity index (χ3v) is 6.50. The van der Waals surface area contributed by atoms with Crippen molar-refractivity contribution in [3.05, 3.63) is 26.6 Å². The average Bonchev–Trinajstić information content (AvgIpc) is 2.90. The van der Waals surface area contributed by atoms with Crippen molar-refractivity contribution in [2.75, 3.05) is 32.4 Å². The summed E-state index contributed by atoms with van der Waals surface area (Å²) < 4.78 is 0. The Morgan fingerprint density at radius 3 is 2.48 bits per heavy atom. The molecule has 0 aliphatic rings. The molecule has 2 heterocycles. The molecule has 2 aromatic rings. The van der Waals surface area contributed by atoms with Gasteiger partial charge in [-0.05, 0) is 33.3 Å². The van der Waals surface area contributed by atoms with Gasteiger partial charge in [-0.2, -0.15) is 0 Å². The molecule has 0 aliphatic carbocycles. The van der Waals surface area contributed by atoms with Crippen LogP contribution in [0.15, 0.2) is 4.79 Å². The van der Waals surface area contributed by atoms with E-state index in [1.807, 2.05) is 27.7 Å². The van der Waals surface area contributed by atoms with Crippen molar-refractivity contribution >= 4 is 45.1 Å². The van der Waals surface area contributed by atoms with Crippen LogP contribution in [0.2, 0.25) is 0 Å². The molecular weight excluding hydrogens is 384 g/mol. The zero-order chi connectivity index (χ0) is 20.1. The van der Waals surface area contributed by atoms with Gasteiger partial charge in [0.15, 0.2) is 0 Å². The Balaban J connectivity index is 1.92. The molecule has 27 heavy (non-hydrogen) atoms. The standard InChI is InChI=1S/C18H26N4O3S2/c1-6-22(7-2)14(23)8-21(5)15(24)10-26-9-13-19-17(25)16-11(3)12(4)27-18(16)20-13/h6-10H2,1-5H3,(H,19,20,25). The van der Waals surface area contributed by atoms with Crippen LogP contribution in [0.1, 0.15) is 30.1 Å². The van der Waals surface area contributed by atoms with Crippen LogP contribution in [0.25, 0.3) is 10.2 Å². The quantitative estimate of drug-likeness (QED) is 0.721. The molecule has 0 aliphatic heterocycles. The van der Waals surface area contributed by atoms with Gasteiger partial charge in [0.1, 0.15) is 10.7 Å². The van der Waals surface area contributed by atoms with E-state index in [2.05, 4.69) is 9.97 Å². The first-order valence-corrected chi connectivity index (χ1v) is 10.8. The number of nitrogens with zero attached hydrogens (tertiary/aromatic N) is 3. The van der Waals surface area contributed by atoms with Gasteiger partial charge in [-0.15, -0.1) is 23.1 Å². The largest absolute Gasteiger partial charge is 0.342 e. The van der Waals surface area contributed by atoms with Gasteiger partial charge in [0.05, 0.1) is 23.4 Å². The second-order valence-electron chi connectivity index (χ2n) is 6.28. The van der Waals surface area contributed by atoms with Crippen molar-refractivity contribution in [2.45, 2.75) is 33.4 Å². The minimum absolute atomic E-state index is 0.0549. The molecule has 2 amide bonds. The van der Waals surface area contributed by atoms with Crippen LogP contribution < -0.4 is 5.56 Å². The van der Waals surface area contributed by atoms with Gasteiger partial charge in [0, 0.05) is 25.0 Å². The monoisotopic (exact) mass is 410 g/mol. The highest BCUT2D eigenvalue weighted by Crippen LogP contribution is 2.26. The number of thioether (sulfide) groups is 1. The number of thiophene rings is 1. The Morgan fingerprint density at radius 2 is 1.85 bits per heavy atom. The first-order valence-electron chi connectivity index (χ1n) is 8.86. The third-order valence-electron chi connectivity index (χ3n) is 4.47. The maximum atomic E-state index is 12.3. The molecule has 0 radical (unpaired) electrons.